The number of nitrogens with zero attached hydrogens (tertiary/aromatic N) is 4. The first-order chi connectivity index (χ1) is 9.67. The lowest BCUT2D eigenvalue weighted by Gasteiger charge is -2.08. The molecule has 0 radical (unpaired) electrons. The molecular formula is C12H6BrClN6. The van der Waals surface area contributed by atoms with E-state index in [0.717, 1.165) is 4.47 Å². The zero-order chi connectivity index (χ0) is 14.1. The van der Waals surface area contributed by atoms with E-state index in [-0.39, 0.29) is 5.28 Å². The predicted molar refractivity (Wildman–Crippen MR) is 78.8 cm³/mol. The molecule has 0 aliphatic heterocycles. The highest BCUT2D eigenvalue weighted by Crippen LogP contribution is 2.27. The number of nitrogens with one attached hydrogen (secondary N) is 2. The summed E-state index contributed by atoms with van der Waals surface area (Å²) in [6, 6.07) is 7.40. The van der Waals surface area contributed by atoms with Gasteiger partial charge in [0.15, 0.2) is 11.5 Å². The number of hydrogen-bond donors (Lipinski definition) is 2. The van der Waals surface area contributed by atoms with Gasteiger partial charge in [0.05, 0.1) is 17.6 Å². The summed E-state index contributed by atoms with van der Waals surface area (Å²) in [5, 5.41) is 12.3. The van der Waals surface area contributed by atoms with Crippen LogP contribution in [0.1, 0.15) is 5.56 Å². The molecule has 6 nitrogen and oxygen atoms in total. The van der Waals surface area contributed by atoms with Crippen molar-refractivity contribution in [2.45, 2.75) is 0 Å². The molecule has 0 spiro atoms. The maximum Gasteiger partial charge on any atom is 0.226 e. The average Bonchev–Trinajstić information content (AvgIpc) is 2.87. The van der Waals surface area contributed by atoms with Crippen molar-refractivity contribution in [2.24, 2.45) is 0 Å². The Hall–Kier alpha value is -2.17. The van der Waals surface area contributed by atoms with Crippen molar-refractivity contribution in [3.63, 3.8) is 0 Å². The first-order valence-corrected chi connectivity index (χ1v) is 6.68. The van der Waals surface area contributed by atoms with Crippen LogP contribution < -0.4 is 5.32 Å². The zero-order valence-corrected chi connectivity index (χ0v) is 12.2. The van der Waals surface area contributed by atoms with E-state index in [1.807, 2.05) is 0 Å². The number of H-pyrrole nitrogens is 1. The highest BCUT2D eigenvalue weighted by atomic mass is 79.9. The van der Waals surface area contributed by atoms with Crippen molar-refractivity contribution in [3.05, 3.63) is 39.8 Å². The van der Waals surface area contributed by atoms with Crippen LogP contribution in [0.25, 0.3) is 11.2 Å². The Bertz CT molecular complexity index is 838. The topological polar surface area (TPSA) is 90.3 Å². The van der Waals surface area contributed by atoms with E-state index in [9.17, 15) is 0 Å². The van der Waals surface area contributed by atoms with E-state index in [1.165, 1.54) is 6.33 Å². The van der Waals surface area contributed by atoms with Crippen molar-refractivity contribution in [3.8, 4) is 6.07 Å². The fourth-order valence-electron chi connectivity index (χ4n) is 1.74. The monoisotopic (exact) mass is 348 g/mol. The third kappa shape index (κ3) is 2.31. The van der Waals surface area contributed by atoms with Crippen molar-refractivity contribution in [2.75, 3.05) is 5.32 Å². The minimum atomic E-state index is 0.0839. The Balaban J connectivity index is 2.12. The molecule has 98 valence electrons. The van der Waals surface area contributed by atoms with Gasteiger partial charge in [-0.05, 0) is 29.8 Å². The summed E-state index contributed by atoms with van der Waals surface area (Å²) in [6.07, 6.45) is 1.51. The van der Waals surface area contributed by atoms with Gasteiger partial charge < -0.3 is 10.3 Å². The predicted octanol–water partition coefficient (Wildman–Crippen LogP) is 3.38. The molecule has 2 N–H and O–H groups in total. The van der Waals surface area contributed by atoms with E-state index < -0.39 is 0 Å². The van der Waals surface area contributed by atoms with Crippen LogP contribution >= 0.6 is 27.5 Å². The maximum absolute atomic E-state index is 9.13. The fourth-order valence-corrected chi connectivity index (χ4v) is 2.27. The van der Waals surface area contributed by atoms with Crippen LogP contribution in [0.2, 0.25) is 5.28 Å². The molecule has 0 amide bonds. The summed E-state index contributed by atoms with van der Waals surface area (Å²) in [4.78, 5) is 15.1. The summed E-state index contributed by atoms with van der Waals surface area (Å²) in [6.45, 7) is 0. The third-order valence-corrected chi connectivity index (χ3v) is 3.28. The van der Waals surface area contributed by atoms with Crippen molar-refractivity contribution in [1.29, 1.82) is 5.26 Å². The number of halogens is 2. The number of hydrogen-bond acceptors (Lipinski definition) is 5. The van der Waals surface area contributed by atoms with Crippen molar-refractivity contribution >= 4 is 50.2 Å². The Morgan fingerprint density at radius 1 is 1.35 bits per heavy atom. The van der Waals surface area contributed by atoms with Crippen LogP contribution in [0.15, 0.2) is 29.0 Å². The molecular weight excluding hydrogens is 344 g/mol. The minimum absolute atomic E-state index is 0.0839. The second kappa shape index (κ2) is 5.07. The Morgan fingerprint density at radius 2 is 2.20 bits per heavy atom. The largest absolute Gasteiger partial charge is 0.340 e. The first-order valence-electron chi connectivity index (χ1n) is 5.50. The average molecular weight is 350 g/mol. The molecule has 2 aromatic heterocycles. The van der Waals surface area contributed by atoms with Gasteiger partial charge in [-0.25, -0.2) is 4.98 Å². The smallest absolute Gasteiger partial charge is 0.226 e. The van der Waals surface area contributed by atoms with Crippen LogP contribution in [0.4, 0.5) is 11.5 Å². The van der Waals surface area contributed by atoms with E-state index in [1.54, 1.807) is 18.2 Å². The first kappa shape index (κ1) is 12.8. The van der Waals surface area contributed by atoms with Crippen LogP contribution in [0.5, 0.6) is 0 Å². The number of rotatable bonds is 2. The van der Waals surface area contributed by atoms with Gasteiger partial charge in [0.1, 0.15) is 11.6 Å². The Kier molecular flexibility index (Phi) is 3.26. The molecule has 0 saturated carbocycles. The molecule has 20 heavy (non-hydrogen) atoms. The van der Waals surface area contributed by atoms with E-state index >= 15 is 0 Å². The molecule has 3 rings (SSSR count). The molecule has 0 unspecified atom stereocenters. The molecule has 2 heterocycles. The molecule has 0 bridgehead atoms. The number of fused-ring (bicyclic) bond motifs is 1. The quantitative estimate of drug-likeness (QED) is 0.692. The lowest BCUT2D eigenvalue weighted by atomic mass is 10.2. The van der Waals surface area contributed by atoms with E-state index in [2.05, 4.69) is 47.3 Å². The van der Waals surface area contributed by atoms with Gasteiger partial charge in [-0.3, -0.25) is 0 Å². The van der Waals surface area contributed by atoms with Crippen molar-refractivity contribution < 1.29 is 0 Å². The molecule has 8 heteroatoms. The molecule has 1 aromatic carbocycles. The van der Waals surface area contributed by atoms with Gasteiger partial charge in [0, 0.05) is 4.47 Å². The SMILES string of the molecule is N#Cc1ccc(Br)cc1Nc1nc(Cl)nc2nc[nH]c12. The summed E-state index contributed by atoms with van der Waals surface area (Å²) in [5.41, 5.74) is 2.20. The van der Waals surface area contributed by atoms with Crippen LogP contribution in [0.3, 0.4) is 0 Å². The maximum atomic E-state index is 9.13. The normalized spacial score (nSPS) is 10.4. The van der Waals surface area contributed by atoms with Gasteiger partial charge in [0.25, 0.3) is 0 Å². The second-order valence-corrected chi connectivity index (χ2v) is 5.12. The highest BCUT2D eigenvalue weighted by Gasteiger charge is 2.11. The molecule has 0 saturated heterocycles. The van der Waals surface area contributed by atoms with Gasteiger partial charge in [-0.1, -0.05) is 15.9 Å². The standard InChI is InChI=1S/C12H6BrClN6/c13-7-2-1-6(4-15)8(3-7)18-11-9-10(17-5-16-9)19-12(14)20-11/h1-3,5H,(H2,16,17,18,19,20). The zero-order valence-electron chi connectivity index (χ0n) is 9.85. The Labute approximate surface area is 127 Å². The minimum Gasteiger partial charge on any atom is -0.340 e. The molecule has 0 aliphatic carbocycles. The van der Waals surface area contributed by atoms with Gasteiger partial charge in [-0.15, -0.1) is 0 Å². The van der Waals surface area contributed by atoms with Crippen LogP contribution in [-0.2, 0) is 0 Å². The number of nitriles is 1. The Morgan fingerprint density at radius 3 is 3.00 bits per heavy atom. The van der Waals surface area contributed by atoms with Gasteiger partial charge >= 0.3 is 0 Å². The lowest BCUT2D eigenvalue weighted by Crippen LogP contribution is -1.99. The summed E-state index contributed by atoms with van der Waals surface area (Å²) in [7, 11) is 0. The van der Waals surface area contributed by atoms with Gasteiger partial charge in [0.2, 0.25) is 5.28 Å². The highest BCUT2D eigenvalue weighted by molar-refractivity contribution is 9.10. The fraction of sp³-hybridized carbons (Fsp3) is 0. The van der Waals surface area contributed by atoms with Crippen molar-refractivity contribution in [1.82, 2.24) is 19.9 Å². The number of aromatic amines is 1. The van der Waals surface area contributed by atoms with Crippen LogP contribution in [0, 0.1) is 11.3 Å². The number of anilines is 2. The summed E-state index contributed by atoms with van der Waals surface area (Å²) in [5.74, 6) is 0.465. The molecule has 3 aromatic rings. The summed E-state index contributed by atoms with van der Waals surface area (Å²) < 4.78 is 0.847. The second-order valence-electron chi connectivity index (χ2n) is 3.87. The molecule has 0 aliphatic rings. The molecule has 0 atom stereocenters. The van der Waals surface area contributed by atoms with E-state index in [0.29, 0.717) is 28.2 Å². The van der Waals surface area contributed by atoms with Gasteiger partial charge in [-0.2, -0.15) is 15.2 Å². The summed E-state index contributed by atoms with van der Waals surface area (Å²) >= 11 is 9.23. The number of aromatic nitrogens is 4. The number of benzene rings is 1. The third-order valence-electron chi connectivity index (χ3n) is 2.61. The number of imidazole rings is 1. The van der Waals surface area contributed by atoms with E-state index in [4.69, 9.17) is 16.9 Å². The lowest BCUT2D eigenvalue weighted by molar-refractivity contribution is 1.20. The van der Waals surface area contributed by atoms with Crippen LogP contribution in [-0.4, -0.2) is 19.9 Å². The molecule has 0 fully saturated rings.